The van der Waals surface area contributed by atoms with Crippen LogP contribution in [0.1, 0.15) is 60.8 Å². The first-order chi connectivity index (χ1) is 12.4. The molecular formula is C19H24F3N3S. The molecule has 2 aromatic rings. The highest BCUT2D eigenvalue weighted by Gasteiger charge is 2.36. The molecule has 26 heavy (non-hydrogen) atoms. The second-order valence-electron chi connectivity index (χ2n) is 7.67. The molecule has 3 nitrogen and oxygen atoms in total. The van der Waals surface area contributed by atoms with Crippen LogP contribution in [-0.4, -0.2) is 40.1 Å². The molecule has 0 aromatic carbocycles. The van der Waals surface area contributed by atoms with E-state index in [1.54, 1.807) is 11.3 Å². The fraction of sp³-hybridized carbons (Fsp3) is 0.684. The average molecular weight is 383 g/mol. The SMILES string of the molecule is Cc1nc(CN2CCC(F)CC2)c2cc(C3CCC(F)(F)CC3)sc2n1. The zero-order chi connectivity index (χ0) is 18.3. The van der Waals surface area contributed by atoms with Crippen molar-refractivity contribution in [3.8, 4) is 0 Å². The maximum atomic E-state index is 13.5. The summed E-state index contributed by atoms with van der Waals surface area (Å²) in [6, 6.07) is 2.12. The van der Waals surface area contributed by atoms with Crippen molar-refractivity contribution in [3.63, 3.8) is 0 Å². The molecule has 0 radical (unpaired) electrons. The van der Waals surface area contributed by atoms with Gasteiger partial charge < -0.3 is 0 Å². The van der Waals surface area contributed by atoms with E-state index < -0.39 is 12.1 Å². The van der Waals surface area contributed by atoms with Crippen molar-refractivity contribution in [3.05, 3.63) is 22.5 Å². The van der Waals surface area contributed by atoms with Gasteiger partial charge in [-0.1, -0.05) is 0 Å². The Morgan fingerprint density at radius 3 is 2.54 bits per heavy atom. The van der Waals surface area contributed by atoms with Gasteiger partial charge in [-0.05, 0) is 44.6 Å². The summed E-state index contributed by atoms with van der Waals surface area (Å²) in [5.74, 6) is -1.57. The van der Waals surface area contributed by atoms with Crippen molar-refractivity contribution in [2.24, 2.45) is 0 Å². The Labute approximate surface area is 155 Å². The minimum absolute atomic E-state index is 0.0261. The number of alkyl halides is 3. The Hall–Kier alpha value is -1.21. The van der Waals surface area contributed by atoms with E-state index in [9.17, 15) is 13.2 Å². The van der Waals surface area contributed by atoms with Crippen LogP contribution in [0.15, 0.2) is 6.07 Å². The van der Waals surface area contributed by atoms with Gasteiger partial charge in [0.2, 0.25) is 5.92 Å². The predicted molar refractivity (Wildman–Crippen MR) is 97.7 cm³/mol. The molecule has 1 aliphatic carbocycles. The van der Waals surface area contributed by atoms with Crippen LogP contribution in [0, 0.1) is 6.92 Å². The molecule has 7 heteroatoms. The number of thiophene rings is 1. The van der Waals surface area contributed by atoms with Crippen LogP contribution in [0.25, 0.3) is 10.2 Å². The minimum Gasteiger partial charge on any atom is -0.297 e. The minimum atomic E-state index is -2.50. The number of nitrogens with zero attached hydrogens (tertiary/aromatic N) is 3. The summed E-state index contributed by atoms with van der Waals surface area (Å²) in [4.78, 5) is 13.5. The number of aromatic nitrogens is 2. The van der Waals surface area contributed by atoms with Crippen LogP contribution in [0.3, 0.4) is 0 Å². The van der Waals surface area contributed by atoms with Crippen LogP contribution in [0.2, 0.25) is 0 Å². The van der Waals surface area contributed by atoms with Crippen molar-refractivity contribution in [1.29, 1.82) is 0 Å². The third-order valence-electron chi connectivity index (χ3n) is 5.61. The highest BCUT2D eigenvalue weighted by Crippen LogP contribution is 2.44. The molecule has 2 aliphatic rings. The van der Waals surface area contributed by atoms with Crippen LogP contribution in [0.5, 0.6) is 0 Å². The van der Waals surface area contributed by atoms with Gasteiger partial charge in [-0.25, -0.2) is 23.1 Å². The average Bonchev–Trinajstić information content (AvgIpc) is 3.01. The standard InChI is InChI=1S/C19H24F3N3S/c1-12-23-16(11-25-8-4-14(20)5-9-25)15-10-17(26-18(15)24-12)13-2-6-19(21,22)7-3-13/h10,13-14H,2-9,11H2,1H3. The second kappa shape index (κ2) is 7.08. The number of likely N-dealkylation sites (tertiary alicyclic amines) is 1. The maximum absolute atomic E-state index is 13.5. The number of rotatable bonds is 3. The molecule has 142 valence electrons. The zero-order valence-corrected chi connectivity index (χ0v) is 15.8. The zero-order valence-electron chi connectivity index (χ0n) is 15.0. The highest BCUT2D eigenvalue weighted by molar-refractivity contribution is 7.18. The van der Waals surface area contributed by atoms with Crippen LogP contribution >= 0.6 is 11.3 Å². The molecule has 0 spiro atoms. The normalized spacial score (nSPS) is 22.9. The van der Waals surface area contributed by atoms with Crippen molar-refractivity contribution in [2.45, 2.75) is 70.0 Å². The van der Waals surface area contributed by atoms with E-state index in [0.717, 1.165) is 39.7 Å². The van der Waals surface area contributed by atoms with E-state index in [1.165, 1.54) is 0 Å². The first-order valence-electron chi connectivity index (χ1n) is 9.41. The molecule has 0 bridgehead atoms. The van der Waals surface area contributed by atoms with Crippen molar-refractivity contribution < 1.29 is 13.2 Å². The molecule has 1 saturated heterocycles. The lowest BCUT2D eigenvalue weighted by Crippen LogP contribution is -2.34. The van der Waals surface area contributed by atoms with Gasteiger partial charge in [0.25, 0.3) is 0 Å². The molecule has 0 amide bonds. The Morgan fingerprint density at radius 1 is 1.15 bits per heavy atom. The summed E-state index contributed by atoms with van der Waals surface area (Å²) in [6.45, 7) is 4.09. The largest absolute Gasteiger partial charge is 0.297 e. The summed E-state index contributed by atoms with van der Waals surface area (Å²) in [6.07, 6.45) is 1.49. The van der Waals surface area contributed by atoms with Gasteiger partial charge in [0.15, 0.2) is 0 Å². The third kappa shape index (κ3) is 3.88. The fourth-order valence-electron chi connectivity index (χ4n) is 4.04. The molecule has 1 saturated carbocycles. The number of hydrogen-bond acceptors (Lipinski definition) is 4. The lowest BCUT2D eigenvalue weighted by Gasteiger charge is -2.28. The van der Waals surface area contributed by atoms with E-state index in [0.29, 0.717) is 32.2 Å². The molecule has 3 heterocycles. The number of fused-ring (bicyclic) bond motifs is 1. The van der Waals surface area contributed by atoms with E-state index in [1.807, 2.05) is 6.92 Å². The van der Waals surface area contributed by atoms with Gasteiger partial charge in [-0.15, -0.1) is 11.3 Å². The number of piperidine rings is 1. The quantitative estimate of drug-likeness (QED) is 0.727. The van der Waals surface area contributed by atoms with Gasteiger partial charge >= 0.3 is 0 Å². The van der Waals surface area contributed by atoms with Gasteiger partial charge in [0, 0.05) is 42.7 Å². The topological polar surface area (TPSA) is 29.0 Å². The van der Waals surface area contributed by atoms with Crippen molar-refractivity contribution in [2.75, 3.05) is 13.1 Å². The lowest BCUT2D eigenvalue weighted by atomic mass is 9.86. The molecule has 0 N–H and O–H groups in total. The van der Waals surface area contributed by atoms with Crippen molar-refractivity contribution in [1.82, 2.24) is 14.9 Å². The number of aryl methyl sites for hydroxylation is 1. The number of hydrogen-bond donors (Lipinski definition) is 0. The van der Waals surface area contributed by atoms with Gasteiger partial charge in [0.05, 0.1) is 5.69 Å². The molecule has 2 aromatic heterocycles. The second-order valence-corrected chi connectivity index (χ2v) is 8.73. The van der Waals surface area contributed by atoms with E-state index in [4.69, 9.17) is 0 Å². The predicted octanol–water partition coefficient (Wildman–Crippen LogP) is 5.23. The molecule has 1 aliphatic heterocycles. The fourth-order valence-corrected chi connectivity index (χ4v) is 5.30. The Morgan fingerprint density at radius 2 is 1.85 bits per heavy atom. The first kappa shape index (κ1) is 18.2. The van der Waals surface area contributed by atoms with E-state index in [-0.39, 0.29) is 18.8 Å². The molecule has 2 fully saturated rings. The summed E-state index contributed by atoms with van der Waals surface area (Å²) >= 11 is 1.62. The summed E-state index contributed by atoms with van der Waals surface area (Å²) < 4.78 is 40.3. The van der Waals surface area contributed by atoms with E-state index in [2.05, 4.69) is 20.9 Å². The van der Waals surface area contributed by atoms with Crippen LogP contribution in [-0.2, 0) is 6.54 Å². The summed E-state index contributed by atoms with van der Waals surface area (Å²) in [5, 5.41) is 1.04. The highest BCUT2D eigenvalue weighted by atomic mass is 32.1. The molecule has 4 rings (SSSR count). The Kier molecular flexibility index (Phi) is 4.94. The van der Waals surface area contributed by atoms with E-state index >= 15 is 0 Å². The summed E-state index contributed by atoms with van der Waals surface area (Å²) in [7, 11) is 0. The summed E-state index contributed by atoms with van der Waals surface area (Å²) in [5.41, 5.74) is 0.980. The first-order valence-corrected chi connectivity index (χ1v) is 10.2. The van der Waals surface area contributed by atoms with Crippen LogP contribution in [0.4, 0.5) is 13.2 Å². The smallest absolute Gasteiger partial charge is 0.248 e. The van der Waals surface area contributed by atoms with Crippen LogP contribution < -0.4 is 0 Å². The van der Waals surface area contributed by atoms with Gasteiger partial charge in [0.1, 0.15) is 16.8 Å². The Bertz CT molecular complexity index is 774. The Balaban J connectivity index is 1.57. The monoisotopic (exact) mass is 383 g/mol. The van der Waals surface area contributed by atoms with Gasteiger partial charge in [-0.3, -0.25) is 4.90 Å². The number of halogens is 3. The van der Waals surface area contributed by atoms with Gasteiger partial charge in [-0.2, -0.15) is 0 Å². The molecule has 0 atom stereocenters. The maximum Gasteiger partial charge on any atom is 0.248 e. The molecular weight excluding hydrogens is 359 g/mol. The molecule has 0 unspecified atom stereocenters. The lowest BCUT2D eigenvalue weighted by molar-refractivity contribution is -0.0379. The van der Waals surface area contributed by atoms with Crippen molar-refractivity contribution >= 4 is 21.6 Å². The third-order valence-corrected chi connectivity index (χ3v) is 6.80.